The van der Waals surface area contributed by atoms with Crippen LogP contribution in [0.15, 0.2) is 48.5 Å². The fourth-order valence-electron chi connectivity index (χ4n) is 3.16. The summed E-state index contributed by atoms with van der Waals surface area (Å²) in [7, 11) is -3.75. The summed E-state index contributed by atoms with van der Waals surface area (Å²) in [6.45, 7) is -0.00194. The lowest BCUT2D eigenvalue weighted by atomic mass is 10.0. The molecule has 2 aliphatic heterocycles. The van der Waals surface area contributed by atoms with Gasteiger partial charge >= 0.3 is 0 Å². The second-order valence-electron chi connectivity index (χ2n) is 5.66. The maximum atomic E-state index is 12.4. The molecular weight excluding hydrogens is 373 g/mol. The van der Waals surface area contributed by atoms with Crippen molar-refractivity contribution in [2.45, 2.75) is 17.4 Å². The highest BCUT2D eigenvalue weighted by Crippen LogP contribution is 2.46. The lowest BCUT2D eigenvalue weighted by Crippen LogP contribution is -2.31. The summed E-state index contributed by atoms with van der Waals surface area (Å²) >= 11 is 12.3. The molecule has 2 aliphatic rings. The van der Waals surface area contributed by atoms with E-state index in [-0.39, 0.29) is 6.61 Å². The molecule has 0 spiro atoms. The lowest BCUT2D eigenvalue weighted by molar-refractivity contribution is 0.0640. The molecule has 4 rings (SSSR count). The van der Waals surface area contributed by atoms with E-state index in [2.05, 4.69) is 0 Å². The second kappa shape index (κ2) is 5.89. The fourth-order valence-corrected chi connectivity index (χ4v) is 5.23. The lowest BCUT2D eigenvalue weighted by Gasteiger charge is -2.27. The molecule has 2 saturated heterocycles. The minimum atomic E-state index is -3.75. The Balaban J connectivity index is 1.86. The van der Waals surface area contributed by atoms with E-state index in [9.17, 15) is 8.42 Å². The monoisotopic (exact) mass is 385 g/mol. The molecule has 2 fully saturated rings. The van der Waals surface area contributed by atoms with Crippen molar-refractivity contribution >= 4 is 39.0 Å². The molecule has 0 amide bonds. The highest BCUT2D eigenvalue weighted by atomic mass is 35.5. The number of halogens is 2. The number of rotatable bonds is 2. The first kappa shape index (κ1) is 16.2. The standard InChI is InChI=1S/C16H13Cl2NO4S/c17-10-6-7-12(13(18)8-10)15-16-14(9-22-24(16,20)21)23-19(15)11-4-2-1-3-5-11/h1-8,14-16H,9H2/t14-,15+,16+/m1/s1. The molecular formula is C16H13Cl2NO4S. The van der Waals surface area contributed by atoms with Crippen molar-refractivity contribution in [2.24, 2.45) is 0 Å². The molecule has 2 aromatic rings. The van der Waals surface area contributed by atoms with E-state index >= 15 is 0 Å². The van der Waals surface area contributed by atoms with Gasteiger partial charge in [-0.3, -0.25) is 9.02 Å². The predicted octanol–water partition coefficient (Wildman–Crippen LogP) is 3.58. The van der Waals surface area contributed by atoms with E-state index in [0.717, 1.165) is 5.69 Å². The zero-order valence-electron chi connectivity index (χ0n) is 12.3. The van der Waals surface area contributed by atoms with E-state index < -0.39 is 27.5 Å². The van der Waals surface area contributed by atoms with Gasteiger partial charge in [0.2, 0.25) is 0 Å². The number of fused-ring (bicyclic) bond motifs is 1. The Hall–Kier alpha value is -1.31. The summed E-state index contributed by atoms with van der Waals surface area (Å²) in [5, 5.41) is 1.62. The second-order valence-corrected chi connectivity index (χ2v) is 8.27. The Morgan fingerprint density at radius 3 is 2.54 bits per heavy atom. The van der Waals surface area contributed by atoms with Crippen LogP contribution in [0.25, 0.3) is 0 Å². The van der Waals surface area contributed by atoms with Gasteiger partial charge in [0.05, 0.1) is 12.3 Å². The minimum absolute atomic E-state index is 0.00194. The van der Waals surface area contributed by atoms with Gasteiger partial charge < -0.3 is 0 Å². The quantitative estimate of drug-likeness (QED) is 0.739. The first-order valence-corrected chi connectivity index (χ1v) is 9.54. The summed E-state index contributed by atoms with van der Waals surface area (Å²) in [4.78, 5) is 5.90. The first-order chi connectivity index (χ1) is 11.5. The first-order valence-electron chi connectivity index (χ1n) is 7.31. The van der Waals surface area contributed by atoms with Gasteiger partial charge in [0.15, 0.2) is 0 Å². The number of hydrogen-bond acceptors (Lipinski definition) is 5. The number of benzene rings is 2. The molecule has 8 heteroatoms. The average molecular weight is 386 g/mol. The molecule has 0 N–H and O–H groups in total. The van der Waals surface area contributed by atoms with E-state index in [0.29, 0.717) is 15.6 Å². The van der Waals surface area contributed by atoms with E-state index in [1.165, 1.54) is 0 Å². The maximum Gasteiger partial charge on any atom is 0.275 e. The molecule has 126 valence electrons. The van der Waals surface area contributed by atoms with Crippen molar-refractivity contribution in [1.29, 1.82) is 0 Å². The fraction of sp³-hybridized carbons (Fsp3) is 0.250. The third-order valence-corrected chi connectivity index (χ3v) is 6.46. The molecule has 3 atom stereocenters. The van der Waals surface area contributed by atoms with Gasteiger partial charge in [-0.2, -0.15) is 8.42 Å². The molecule has 2 aromatic carbocycles. The third kappa shape index (κ3) is 2.59. The number of anilines is 1. The van der Waals surface area contributed by atoms with E-state index in [1.807, 2.05) is 30.3 Å². The van der Waals surface area contributed by atoms with Crippen LogP contribution in [-0.4, -0.2) is 26.4 Å². The molecule has 0 aromatic heterocycles. The van der Waals surface area contributed by atoms with E-state index in [4.69, 9.17) is 32.2 Å². The molecule has 0 saturated carbocycles. The smallest absolute Gasteiger partial charge is 0.267 e. The van der Waals surface area contributed by atoms with Crippen LogP contribution in [-0.2, 0) is 19.1 Å². The number of hydroxylamine groups is 1. The van der Waals surface area contributed by atoms with Crippen LogP contribution in [0.4, 0.5) is 5.69 Å². The van der Waals surface area contributed by atoms with Gasteiger partial charge in [-0.25, -0.2) is 5.06 Å². The van der Waals surface area contributed by atoms with Gasteiger partial charge in [0.25, 0.3) is 10.1 Å². The third-order valence-electron chi connectivity index (χ3n) is 4.20. The molecule has 0 aliphatic carbocycles. The number of hydrogen-bond donors (Lipinski definition) is 0. The molecule has 0 radical (unpaired) electrons. The Bertz CT molecular complexity index is 875. The van der Waals surface area contributed by atoms with Crippen LogP contribution in [0.2, 0.25) is 10.0 Å². The Morgan fingerprint density at radius 1 is 1.08 bits per heavy atom. The Kier molecular flexibility index (Phi) is 3.97. The predicted molar refractivity (Wildman–Crippen MR) is 91.7 cm³/mol. The van der Waals surface area contributed by atoms with Crippen molar-refractivity contribution in [2.75, 3.05) is 11.7 Å². The molecule has 2 heterocycles. The largest absolute Gasteiger partial charge is 0.275 e. The highest BCUT2D eigenvalue weighted by molar-refractivity contribution is 7.87. The normalized spacial score (nSPS) is 28.1. The van der Waals surface area contributed by atoms with Crippen LogP contribution in [0, 0.1) is 0 Å². The van der Waals surface area contributed by atoms with Crippen molar-refractivity contribution in [3.63, 3.8) is 0 Å². The van der Waals surface area contributed by atoms with Crippen molar-refractivity contribution in [3.8, 4) is 0 Å². The van der Waals surface area contributed by atoms with Crippen LogP contribution < -0.4 is 5.06 Å². The van der Waals surface area contributed by atoms with Crippen molar-refractivity contribution < 1.29 is 17.4 Å². The summed E-state index contributed by atoms with van der Waals surface area (Å²) in [5.41, 5.74) is 1.38. The van der Waals surface area contributed by atoms with Crippen molar-refractivity contribution in [3.05, 3.63) is 64.1 Å². The highest BCUT2D eigenvalue weighted by Gasteiger charge is 2.57. The van der Waals surface area contributed by atoms with Gasteiger partial charge in [-0.05, 0) is 29.8 Å². The van der Waals surface area contributed by atoms with Crippen LogP contribution in [0.1, 0.15) is 11.6 Å². The Morgan fingerprint density at radius 2 is 1.83 bits per heavy atom. The SMILES string of the molecule is O=S1(=O)OC[C@H]2ON(c3ccccc3)[C@@H](c3ccc(Cl)cc3Cl)[C@H]21. The zero-order valence-corrected chi connectivity index (χ0v) is 14.6. The maximum absolute atomic E-state index is 12.4. The molecule has 5 nitrogen and oxygen atoms in total. The summed E-state index contributed by atoms with van der Waals surface area (Å²) < 4.78 is 29.7. The van der Waals surface area contributed by atoms with Crippen LogP contribution in [0.3, 0.4) is 0 Å². The molecule has 24 heavy (non-hydrogen) atoms. The number of para-hydroxylation sites is 1. The Labute approximate surface area is 149 Å². The van der Waals surface area contributed by atoms with Gasteiger partial charge in [-0.1, -0.05) is 47.5 Å². The summed E-state index contributed by atoms with van der Waals surface area (Å²) in [6.07, 6.45) is -0.577. The van der Waals surface area contributed by atoms with Gasteiger partial charge in [0.1, 0.15) is 17.4 Å². The van der Waals surface area contributed by atoms with Crippen LogP contribution >= 0.6 is 23.2 Å². The van der Waals surface area contributed by atoms with Crippen LogP contribution in [0.5, 0.6) is 0 Å². The summed E-state index contributed by atoms with van der Waals surface area (Å²) in [5.74, 6) is 0. The van der Waals surface area contributed by atoms with Gasteiger partial charge in [0, 0.05) is 10.0 Å². The summed E-state index contributed by atoms with van der Waals surface area (Å²) in [6, 6.07) is 13.7. The zero-order chi connectivity index (χ0) is 16.9. The minimum Gasteiger partial charge on any atom is -0.267 e. The van der Waals surface area contributed by atoms with E-state index in [1.54, 1.807) is 23.3 Å². The number of nitrogens with zero attached hydrogens (tertiary/aromatic N) is 1. The van der Waals surface area contributed by atoms with Gasteiger partial charge in [-0.15, -0.1) is 0 Å². The molecule has 0 bridgehead atoms. The molecule has 0 unspecified atom stereocenters. The van der Waals surface area contributed by atoms with Crippen molar-refractivity contribution in [1.82, 2.24) is 0 Å². The topological polar surface area (TPSA) is 55.8 Å². The average Bonchev–Trinajstić information content (AvgIpc) is 3.07.